The van der Waals surface area contributed by atoms with Gasteiger partial charge in [-0.25, -0.2) is 0 Å². The molecule has 1 fully saturated rings. The summed E-state index contributed by atoms with van der Waals surface area (Å²) in [5, 5.41) is 3.48. The van der Waals surface area contributed by atoms with Gasteiger partial charge in [0.2, 0.25) is 0 Å². The molecule has 0 bridgehead atoms. The third-order valence-electron chi connectivity index (χ3n) is 3.57. The van der Waals surface area contributed by atoms with Gasteiger partial charge in [0.15, 0.2) is 0 Å². The van der Waals surface area contributed by atoms with Gasteiger partial charge in [-0.15, -0.1) is 11.8 Å². The van der Waals surface area contributed by atoms with Crippen LogP contribution >= 0.6 is 11.8 Å². The van der Waals surface area contributed by atoms with Crippen molar-refractivity contribution >= 4 is 11.8 Å². The second-order valence-corrected chi connectivity index (χ2v) is 6.17. The largest absolute Gasteiger partial charge is 0.496 e. The van der Waals surface area contributed by atoms with E-state index in [9.17, 15) is 0 Å². The Morgan fingerprint density at radius 2 is 2.17 bits per heavy atom. The van der Waals surface area contributed by atoms with E-state index in [1.165, 1.54) is 47.7 Å². The number of piperidine rings is 1. The molecule has 1 heterocycles. The number of aryl methyl sites for hydroxylation is 2. The first-order chi connectivity index (χ1) is 8.70. The van der Waals surface area contributed by atoms with Gasteiger partial charge >= 0.3 is 0 Å². The van der Waals surface area contributed by atoms with Gasteiger partial charge in [0.1, 0.15) is 5.75 Å². The molecule has 1 unspecified atom stereocenters. The molecule has 0 radical (unpaired) electrons. The fourth-order valence-corrected chi connectivity index (χ4v) is 3.66. The summed E-state index contributed by atoms with van der Waals surface area (Å²) >= 11 is 1.99. The predicted molar refractivity (Wildman–Crippen MR) is 78.8 cm³/mol. The lowest BCUT2D eigenvalue weighted by Gasteiger charge is -2.22. The van der Waals surface area contributed by atoms with Crippen LogP contribution in [0.1, 0.15) is 24.0 Å². The third-order valence-corrected chi connectivity index (χ3v) is 4.95. The number of hydrogen-bond donors (Lipinski definition) is 1. The van der Waals surface area contributed by atoms with E-state index in [2.05, 4.69) is 31.3 Å². The van der Waals surface area contributed by atoms with Gasteiger partial charge < -0.3 is 10.1 Å². The van der Waals surface area contributed by atoms with Crippen LogP contribution in [0.3, 0.4) is 0 Å². The maximum Gasteiger partial charge on any atom is 0.122 e. The Bertz CT molecular complexity index is 400. The number of ether oxygens (including phenoxy) is 1. The van der Waals surface area contributed by atoms with Gasteiger partial charge in [0.05, 0.1) is 7.11 Å². The summed E-state index contributed by atoms with van der Waals surface area (Å²) in [5.74, 6) is 3.04. The molecule has 0 aromatic heterocycles. The van der Waals surface area contributed by atoms with Gasteiger partial charge in [-0.2, -0.15) is 0 Å². The van der Waals surface area contributed by atoms with E-state index in [0.717, 1.165) is 11.7 Å². The van der Waals surface area contributed by atoms with Crippen LogP contribution in [0.15, 0.2) is 17.0 Å². The summed E-state index contributed by atoms with van der Waals surface area (Å²) in [6.07, 6.45) is 2.69. The Hall–Kier alpha value is -0.670. The van der Waals surface area contributed by atoms with Crippen molar-refractivity contribution in [2.24, 2.45) is 5.92 Å². The lowest BCUT2D eigenvalue weighted by Crippen LogP contribution is -2.30. The van der Waals surface area contributed by atoms with E-state index in [4.69, 9.17) is 4.74 Å². The van der Waals surface area contributed by atoms with E-state index in [1.54, 1.807) is 7.11 Å². The molecule has 3 heteroatoms. The lowest BCUT2D eigenvalue weighted by atomic mass is 10.0. The molecule has 1 atom stereocenters. The highest BCUT2D eigenvalue weighted by Crippen LogP contribution is 2.31. The van der Waals surface area contributed by atoms with Gasteiger partial charge in [-0.1, -0.05) is 0 Å². The molecule has 0 amide bonds. The summed E-state index contributed by atoms with van der Waals surface area (Å²) in [6, 6.07) is 4.41. The molecule has 1 aromatic carbocycles. The van der Waals surface area contributed by atoms with Crippen molar-refractivity contribution < 1.29 is 4.74 Å². The van der Waals surface area contributed by atoms with Crippen molar-refractivity contribution in [2.45, 2.75) is 31.6 Å². The van der Waals surface area contributed by atoms with E-state index >= 15 is 0 Å². The van der Waals surface area contributed by atoms with Crippen LogP contribution in [0.5, 0.6) is 5.75 Å². The van der Waals surface area contributed by atoms with Crippen molar-refractivity contribution in [3.63, 3.8) is 0 Å². The van der Waals surface area contributed by atoms with Crippen molar-refractivity contribution in [2.75, 3.05) is 26.0 Å². The zero-order chi connectivity index (χ0) is 13.0. The SMILES string of the molecule is COc1cc(C)c(SCC2CCCNC2)cc1C. The molecule has 1 N–H and O–H groups in total. The Kier molecular flexibility index (Phi) is 4.95. The first kappa shape index (κ1) is 13.8. The maximum atomic E-state index is 5.36. The second kappa shape index (κ2) is 6.48. The number of hydrogen-bond acceptors (Lipinski definition) is 3. The molecule has 2 rings (SSSR count). The maximum absolute atomic E-state index is 5.36. The summed E-state index contributed by atoms with van der Waals surface area (Å²) in [6.45, 7) is 6.66. The van der Waals surface area contributed by atoms with Crippen molar-refractivity contribution in [3.8, 4) is 5.75 Å². The zero-order valence-corrected chi connectivity index (χ0v) is 12.4. The highest BCUT2D eigenvalue weighted by Gasteiger charge is 2.14. The molecule has 0 spiro atoms. The first-order valence-electron chi connectivity index (χ1n) is 6.69. The van der Waals surface area contributed by atoms with Crippen LogP contribution in [-0.4, -0.2) is 26.0 Å². The quantitative estimate of drug-likeness (QED) is 0.843. The topological polar surface area (TPSA) is 21.3 Å². The van der Waals surface area contributed by atoms with Crippen molar-refractivity contribution in [3.05, 3.63) is 23.3 Å². The Balaban J connectivity index is 1.98. The second-order valence-electron chi connectivity index (χ2n) is 5.11. The van der Waals surface area contributed by atoms with Crippen LogP contribution in [0.4, 0.5) is 0 Å². The van der Waals surface area contributed by atoms with Crippen LogP contribution in [-0.2, 0) is 0 Å². The molecule has 100 valence electrons. The molecular formula is C15H23NOS. The van der Waals surface area contributed by atoms with Crippen LogP contribution in [0.2, 0.25) is 0 Å². The minimum absolute atomic E-state index is 0.825. The Morgan fingerprint density at radius 3 is 2.83 bits per heavy atom. The number of rotatable bonds is 4. The minimum atomic E-state index is 0.825. The van der Waals surface area contributed by atoms with Crippen molar-refractivity contribution in [1.82, 2.24) is 5.32 Å². The van der Waals surface area contributed by atoms with Crippen LogP contribution < -0.4 is 10.1 Å². The number of nitrogens with one attached hydrogen (secondary N) is 1. The summed E-state index contributed by atoms with van der Waals surface area (Å²) < 4.78 is 5.36. The van der Waals surface area contributed by atoms with Gasteiger partial charge in [0, 0.05) is 10.6 Å². The Labute approximate surface area is 114 Å². The average molecular weight is 265 g/mol. The molecule has 1 saturated heterocycles. The highest BCUT2D eigenvalue weighted by molar-refractivity contribution is 7.99. The lowest BCUT2D eigenvalue weighted by molar-refractivity contribution is 0.410. The molecule has 1 aliphatic rings. The number of methoxy groups -OCH3 is 1. The molecule has 0 saturated carbocycles. The predicted octanol–water partition coefficient (Wildman–Crippen LogP) is 3.40. The fourth-order valence-electron chi connectivity index (χ4n) is 2.41. The average Bonchev–Trinajstić information content (AvgIpc) is 2.40. The molecule has 2 nitrogen and oxygen atoms in total. The normalized spacial score (nSPS) is 19.8. The standard InChI is InChI=1S/C15H23NOS/c1-11-8-15(12(2)7-14(11)17-3)18-10-13-5-4-6-16-9-13/h7-8,13,16H,4-6,9-10H2,1-3H3. The van der Waals surface area contributed by atoms with Gasteiger partial charge in [-0.3, -0.25) is 0 Å². The van der Waals surface area contributed by atoms with Crippen molar-refractivity contribution in [1.29, 1.82) is 0 Å². The fraction of sp³-hybridized carbons (Fsp3) is 0.600. The summed E-state index contributed by atoms with van der Waals surface area (Å²) in [4.78, 5) is 1.40. The van der Waals surface area contributed by atoms with Gasteiger partial charge in [0.25, 0.3) is 0 Å². The minimum Gasteiger partial charge on any atom is -0.496 e. The van der Waals surface area contributed by atoms with E-state index in [0.29, 0.717) is 0 Å². The molecular weight excluding hydrogens is 242 g/mol. The number of thioether (sulfide) groups is 1. The molecule has 1 aromatic rings. The molecule has 18 heavy (non-hydrogen) atoms. The summed E-state index contributed by atoms with van der Waals surface area (Å²) in [7, 11) is 1.74. The number of benzene rings is 1. The van der Waals surface area contributed by atoms with Crippen LogP contribution in [0, 0.1) is 19.8 Å². The Morgan fingerprint density at radius 1 is 1.33 bits per heavy atom. The van der Waals surface area contributed by atoms with Gasteiger partial charge in [-0.05, 0) is 69.0 Å². The third kappa shape index (κ3) is 3.42. The summed E-state index contributed by atoms with van der Waals surface area (Å²) in [5.41, 5.74) is 2.55. The van der Waals surface area contributed by atoms with Crippen LogP contribution in [0.25, 0.3) is 0 Å². The highest BCUT2D eigenvalue weighted by atomic mass is 32.2. The molecule has 1 aliphatic heterocycles. The molecule has 0 aliphatic carbocycles. The smallest absolute Gasteiger partial charge is 0.122 e. The van der Waals surface area contributed by atoms with E-state index in [-0.39, 0.29) is 0 Å². The van der Waals surface area contributed by atoms with E-state index in [1.807, 2.05) is 11.8 Å². The zero-order valence-electron chi connectivity index (χ0n) is 11.6. The monoisotopic (exact) mass is 265 g/mol. The van der Waals surface area contributed by atoms with E-state index < -0.39 is 0 Å². The first-order valence-corrected chi connectivity index (χ1v) is 7.68.